The molecule has 2 aliphatic carbocycles. The van der Waals surface area contributed by atoms with Crippen LogP contribution in [0.1, 0.15) is 39.5 Å². The minimum Gasteiger partial charge on any atom is -0.313 e. The first-order chi connectivity index (χ1) is 8.79. The van der Waals surface area contributed by atoms with Crippen LogP contribution in [-0.2, 0) is 0 Å². The van der Waals surface area contributed by atoms with Crippen LogP contribution in [0.2, 0.25) is 0 Å². The van der Waals surface area contributed by atoms with Crippen LogP contribution in [-0.4, -0.2) is 34.6 Å². The van der Waals surface area contributed by atoms with Crippen molar-refractivity contribution in [3.63, 3.8) is 0 Å². The van der Waals surface area contributed by atoms with Crippen molar-refractivity contribution in [2.75, 3.05) is 18.1 Å². The highest BCUT2D eigenvalue weighted by molar-refractivity contribution is 8.07. The largest absolute Gasteiger partial charge is 0.313 e. The number of rotatable bonds is 4. The van der Waals surface area contributed by atoms with Crippen molar-refractivity contribution < 1.29 is 0 Å². The summed E-state index contributed by atoms with van der Waals surface area (Å²) in [6, 6.07) is 0.790. The standard InChI is InChI=1S/C15H27NS2/c1-3-16-14(15-10(2)17-6-7-18-15)13-9-11-4-5-12(13)8-11/h10-16H,3-9H2,1-2H3. The van der Waals surface area contributed by atoms with E-state index >= 15 is 0 Å². The zero-order valence-corrected chi connectivity index (χ0v) is 13.4. The fraction of sp³-hybridized carbons (Fsp3) is 1.00. The third-order valence-electron chi connectivity index (χ3n) is 5.28. The molecule has 6 atom stereocenters. The van der Waals surface area contributed by atoms with Gasteiger partial charge in [0.2, 0.25) is 0 Å². The Balaban J connectivity index is 1.70. The van der Waals surface area contributed by atoms with Gasteiger partial charge in [0.1, 0.15) is 0 Å². The Morgan fingerprint density at radius 2 is 2.00 bits per heavy atom. The number of hydrogen-bond acceptors (Lipinski definition) is 3. The summed E-state index contributed by atoms with van der Waals surface area (Å²) in [5.41, 5.74) is 0. The quantitative estimate of drug-likeness (QED) is 0.847. The zero-order valence-electron chi connectivity index (χ0n) is 11.7. The van der Waals surface area contributed by atoms with Crippen molar-refractivity contribution in [2.45, 2.75) is 56.1 Å². The van der Waals surface area contributed by atoms with Gasteiger partial charge in [-0.2, -0.15) is 23.5 Å². The first-order valence-corrected chi connectivity index (χ1v) is 9.86. The van der Waals surface area contributed by atoms with Crippen LogP contribution in [0.4, 0.5) is 0 Å². The summed E-state index contributed by atoms with van der Waals surface area (Å²) in [5.74, 6) is 5.85. The molecule has 2 bridgehead atoms. The third-order valence-corrected chi connectivity index (χ3v) is 8.50. The van der Waals surface area contributed by atoms with E-state index in [9.17, 15) is 0 Å². The van der Waals surface area contributed by atoms with Gasteiger partial charge in [-0.25, -0.2) is 0 Å². The van der Waals surface area contributed by atoms with Gasteiger partial charge in [0.15, 0.2) is 0 Å². The maximum Gasteiger partial charge on any atom is 0.0320 e. The molecule has 0 amide bonds. The molecule has 0 spiro atoms. The lowest BCUT2D eigenvalue weighted by Gasteiger charge is -2.40. The summed E-state index contributed by atoms with van der Waals surface area (Å²) < 4.78 is 0. The monoisotopic (exact) mass is 285 g/mol. The number of thioether (sulfide) groups is 2. The van der Waals surface area contributed by atoms with Crippen LogP contribution in [0.15, 0.2) is 0 Å². The molecule has 1 nitrogen and oxygen atoms in total. The van der Waals surface area contributed by atoms with E-state index in [2.05, 4.69) is 42.7 Å². The number of fused-ring (bicyclic) bond motifs is 2. The Hall–Kier alpha value is 0.660. The second-order valence-electron chi connectivity index (χ2n) is 6.33. The Labute approximate surface area is 121 Å². The predicted molar refractivity (Wildman–Crippen MR) is 84.6 cm³/mol. The van der Waals surface area contributed by atoms with Crippen molar-refractivity contribution in [3.8, 4) is 0 Å². The minimum atomic E-state index is 0.790. The summed E-state index contributed by atoms with van der Waals surface area (Å²) in [6.45, 7) is 5.89. The van der Waals surface area contributed by atoms with E-state index in [0.717, 1.165) is 40.8 Å². The topological polar surface area (TPSA) is 12.0 Å². The molecule has 0 aromatic heterocycles. The van der Waals surface area contributed by atoms with E-state index in [4.69, 9.17) is 0 Å². The third kappa shape index (κ3) is 2.60. The molecule has 1 saturated heterocycles. The molecule has 0 aromatic carbocycles. The van der Waals surface area contributed by atoms with Gasteiger partial charge in [-0.3, -0.25) is 0 Å². The molecule has 18 heavy (non-hydrogen) atoms. The second kappa shape index (κ2) is 5.97. The molecule has 6 unspecified atom stereocenters. The highest BCUT2D eigenvalue weighted by Crippen LogP contribution is 2.51. The SMILES string of the molecule is CCNC(C1CC2CCC1C2)C1SCCSC1C. The summed E-state index contributed by atoms with van der Waals surface area (Å²) in [4.78, 5) is 0. The molecule has 3 fully saturated rings. The van der Waals surface area contributed by atoms with E-state index in [-0.39, 0.29) is 0 Å². The molecule has 0 aromatic rings. The van der Waals surface area contributed by atoms with Gasteiger partial charge in [-0.05, 0) is 43.6 Å². The zero-order chi connectivity index (χ0) is 12.5. The lowest BCUT2D eigenvalue weighted by atomic mass is 9.81. The lowest BCUT2D eigenvalue weighted by Crippen LogP contribution is -2.50. The first kappa shape index (κ1) is 13.6. The van der Waals surface area contributed by atoms with Gasteiger partial charge < -0.3 is 5.32 Å². The molecule has 3 rings (SSSR count). The fourth-order valence-corrected chi connectivity index (χ4v) is 7.55. The summed E-state index contributed by atoms with van der Waals surface area (Å²) >= 11 is 4.45. The van der Waals surface area contributed by atoms with E-state index < -0.39 is 0 Å². The van der Waals surface area contributed by atoms with Gasteiger partial charge in [-0.1, -0.05) is 20.3 Å². The first-order valence-electron chi connectivity index (χ1n) is 7.76. The van der Waals surface area contributed by atoms with Crippen LogP contribution in [0, 0.1) is 17.8 Å². The average molecular weight is 286 g/mol. The molecular formula is C15H27NS2. The van der Waals surface area contributed by atoms with Crippen molar-refractivity contribution in [2.24, 2.45) is 17.8 Å². The van der Waals surface area contributed by atoms with E-state index in [1.807, 2.05) is 0 Å². The van der Waals surface area contributed by atoms with E-state index in [0.29, 0.717) is 0 Å². The van der Waals surface area contributed by atoms with Crippen molar-refractivity contribution in [1.82, 2.24) is 5.32 Å². The van der Waals surface area contributed by atoms with Gasteiger partial charge in [-0.15, -0.1) is 0 Å². The van der Waals surface area contributed by atoms with Gasteiger partial charge >= 0.3 is 0 Å². The maximum absolute atomic E-state index is 3.88. The van der Waals surface area contributed by atoms with Crippen molar-refractivity contribution in [1.29, 1.82) is 0 Å². The molecule has 0 radical (unpaired) electrons. The van der Waals surface area contributed by atoms with Crippen LogP contribution in [0.25, 0.3) is 0 Å². The fourth-order valence-electron chi connectivity index (χ4n) is 4.52. The Morgan fingerprint density at radius 3 is 2.61 bits per heavy atom. The highest BCUT2D eigenvalue weighted by atomic mass is 32.2. The van der Waals surface area contributed by atoms with Crippen LogP contribution >= 0.6 is 23.5 Å². The Bertz CT molecular complexity index is 282. The number of nitrogens with one attached hydrogen (secondary N) is 1. The Kier molecular flexibility index (Phi) is 4.52. The smallest absolute Gasteiger partial charge is 0.0320 e. The van der Waals surface area contributed by atoms with Gasteiger partial charge in [0.25, 0.3) is 0 Å². The van der Waals surface area contributed by atoms with Gasteiger partial charge in [0.05, 0.1) is 0 Å². The van der Waals surface area contributed by atoms with Crippen LogP contribution in [0.3, 0.4) is 0 Å². The molecular weight excluding hydrogens is 258 g/mol. The van der Waals surface area contributed by atoms with Crippen molar-refractivity contribution in [3.05, 3.63) is 0 Å². The summed E-state index contributed by atoms with van der Waals surface area (Å²) in [6.07, 6.45) is 6.13. The molecule has 1 heterocycles. The average Bonchev–Trinajstić information content (AvgIpc) is 2.99. The highest BCUT2D eigenvalue weighted by Gasteiger charge is 2.46. The second-order valence-corrected chi connectivity index (χ2v) is 9.10. The minimum absolute atomic E-state index is 0.790. The molecule has 1 N–H and O–H groups in total. The molecule has 2 saturated carbocycles. The Morgan fingerprint density at radius 1 is 1.17 bits per heavy atom. The van der Waals surface area contributed by atoms with Crippen LogP contribution in [0.5, 0.6) is 0 Å². The molecule has 104 valence electrons. The molecule has 1 aliphatic heterocycles. The van der Waals surface area contributed by atoms with E-state index in [1.165, 1.54) is 30.8 Å². The van der Waals surface area contributed by atoms with E-state index in [1.54, 1.807) is 6.42 Å². The summed E-state index contributed by atoms with van der Waals surface area (Å²) in [7, 11) is 0. The summed E-state index contributed by atoms with van der Waals surface area (Å²) in [5, 5.41) is 5.57. The normalized spacial score (nSPS) is 45.3. The van der Waals surface area contributed by atoms with Crippen molar-refractivity contribution >= 4 is 23.5 Å². The van der Waals surface area contributed by atoms with Gasteiger partial charge in [0, 0.05) is 28.0 Å². The predicted octanol–water partition coefficient (Wildman–Crippen LogP) is 3.64. The molecule has 3 heteroatoms. The maximum atomic E-state index is 3.88. The number of hydrogen-bond donors (Lipinski definition) is 1. The van der Waals surface area contributed by atoms with Crippen LogP contribution < -0.4 is 5.32 Å². The lowest BCUT2D eigenvalue weighted by molar-refractivity contribution is 0.245. The molecule has 3 aliphatic rings.